The molecule has 0 radical (unpaired) electrons. The fraction of sp³-hybridized carbons (Fsp3) is 0.333. The van der Waals surface area contributed by atoms with Crippen LogP contribution in [0.3, 0.4) is 0 Å². The van der Waals surface area contributed by atoms with Gasteiger partial charge in [0.25, 0.3) is 5.91 Å². The number of phenols is 1. The van der Waals surface area contributed by atoms with E-state index >= 15 is 0 Å². The third kappa shape index (κ3) is 4.92. The van der Waals surface area contributed by atoms with E-state index in [0.29, 0.717) is 42.1 Å². The van der Waals surface area contributed by atoms with Crippen molar-refractivity contribution in [2.75, 3.05) is 0 Å². The zero-order chi connectivity index (χ0) is 26.0. The minimum Gasteiger partial charge on any atom is -0.508 e. The normalized spacial score (nSPS) is 18.1. The van der Waals surface area contributed by atoms with E-state index < -0.39 is 23.5 Å². The molecule has 37 heavy (non-hydrogen) atoms. The fourth-order valence-electron chi connectivity index (χ4n) is 5.31. The number of pyridine rings is 1. The molecule has 1 aromatic heterocycles. The molecule has 0 bridgehead atoms. The number of para-hydroxylation sites is 1. The molecule has 2 N–H and O–H groups in total. The van der Waals surface area contributed by atoms with E-state index in [-0.39, 0.29) is 5.75 Å². The fourth-order valence-corrected chi connectivity index (χ4v) is 5.31. The van der Waals surface area contributed by atoms with Crippen molar-refractivity contribution < 1.29 is 19.4 Å². The van der Waals surface area contributed by atoms with E-state index in [0.717, 1.165) is 41.7 Å². The highest BCUT2D eigenvalue weighted by molar-refractivity contribution is 6.07. The summed E-state index contributed by atoms with van der Waals surface area (Å²) in [6.07, 6.45) is 6.34. The van der Waals surface area contributed by atoms with Crippen molar-refractivity contribution in [3.8, 4) is 11.8 Å². The summed E-state index contributed by atoms with van der Waals surface area (Å²) in [5, 5.41) is 22.8. The highest BCUT2D eigenvalue weighted by Gasteiger charge is 2.36. The molecule has 5 rings (SSSR count). The highest BCUT2D eigenvalue weighted by Crippen LogP contribution is 2.38. The predicted molar refractivity (Wildman–Crippen MR) is 140 cm³/mol. The average molecular weight is 496 g/mol. The molecule has 2 aliphatic carbocycles. The van der Waals surface area contributed by atoms with Crippen molar-refractivity contribution in [2.45, 2.75) is 63.5 Å². The van der Waals surface area contributed by atoms with Crippen LogP contribution in [0, 0.1) is 11.3 Å². The Kier molecular flexibility index (Phi) is 6.66. The topological polar surface area (TPSA) is 112 Å². The van der Waals surface area contributed by atoms with Crippen molar-refractivity contribution in [2.24, 2.45) is 0 Å². The molecule has 3 aromatic rings. The van der Waals surface area contributed by atoms with Crippen molar-refractivity contribution in [3.63, 3.8) is 0 Å². The van der Waals surface area contributed by atoms with Crippen molar-refractivity contribution in [1.29, 1.82) is 5.26 Å². The maximum Gasteiger partial charge on any atom is 0.339 e. The zero-order valence-corrected chi connectivity index (χ0v) is 20.8. The number of esters is 1. The molecule has 0 saturated heterocycles. The van der Waals surface area contributed by atoms with E-state index in [1.807, 2.05) is 42.5 Å². The molecular weight excluding hydrogens is 466 g/mol. The number of hydrogen-bond acceptors (Lipinski definition) is 6. The van der Waals surface area contributed by atoms with Crippen molar-refractivity contribution in [1.82, 2.24) is 10.3 Å². The van der Waals surface area contributed by atoms with Gasteiger partial charge in [-0.15, -0.1) is 0 Å². The monoisotopic (exact) mass is 495 g/mol. The first kappa shape index (κ1) is 24.5. The number of aromatic nitrogens is 1. The summed E-state index contributed by atoms with van der Waals surface area (Å²) in [6, 6.07) is 16.6. The maximum atomic E-state index is 13.5. The molecule has 7 nitrogen and oxygen atoms in total. The first-order chi connectivity index (χ1) is 17.9. The molecule has 2 aliphatic rings. The highest BCUT2D eigenvalue weighted by atomic mass is 16.5. The standard InChI is InChI=1S/C30H29N3O4/c1-19(28(35)33-30(18-31)15-5-2-6-16-30)37-29(36)26-23-7-3-4-8-25(23)32-27-21(11-14-24(26)27)17-20-9-12-22(34)13-10-20/h3-4,7-10,12-13,17,19,34H,2,5-6,11,14-16H2,1H3,(H,33,35). The maximum absolute atomic E-state index is 13.5. The molecular formula is C30H29N3O4. The number of nitriles is 1. The second kappa shape index (κ2) is 10.1. The minimum atomic E-state index is -1.05. The Hall–Kier alpha value is -4.18. The van der Waals surface area contributed by atoms with E-state index in [1.54, 1.807) is 19.1 Å². The molecule has 1 unspecified atom stereocenters. The van der Waals surface area contributed by atoms with E-state index in [1.165, 1.54) is 0 Å². The summed E-state index contributed by atoms with van der Waals surface area (Å²) >= 11 is 0. The largest absolute Gasteiger partial charge is 0.508 e. The second-order valence-corrected chi connectivity index (χ2v) is 9.88. The number of aromatic hydroxyl groups is 1. The number of allylic oxidation sites excluding steroid dienone is 1. The van der Waals surface area contributed by atoms with Crippen LogP contribution in [-0.2, 0) is 16.0 Å². The Bertz CT molecular complexity index is 1430. The number of carbonyl (C=O) groups is 2. The lowest BCUT2D eigenvalue weighted by molar-refractivity contribution is -0.130. The van der Waals surface area contributed by atoms with Crippen LogP contribution < -0.4 is 5.32 Å². The zero-order valence-electron chi connectivity index (χ0n) is 20.8. The van der Waals surface area contributed by atoms with Gasteiger partial charge in [0.15, 0.2) is 6.10 Å². The minimum absolute atomic E-state index is 0.199. The van der Waals surface area contributed by atoms with Gasteiger partial charge in [0.05, 0.1) is 22.8 Å². The quantitative estimate of drug-likeness (QED) is 0.464. The Labute approximate surface area is 215 Å². The lowest BCUT2D eigenvalue weighted by atomic mass is 9.83. The lowest BCUT2D eigenvalue weighted by Gasteiger charge is -2.32. The Balaban J connectivity index is 1.44. The van der Waals surface area contributed by atoms with Crippen LogP contribution in [-0.4, -0.2) is 33.6 Å². The third-order valence-electron chi connectivity index (χ3n) is 7.32. The van der Waals surface area contributed by atoms with Crippen LogP contribution in [0.1, 0.15) is 72.6 Å². The molecule has 1 fully saturated rings. The van der Waals surface area contributed by atoms with Gasteiger partial charge >= 0.3 is 5.97 Å². The molecule has 1 saturated carbocycles. The number of amides is 1. The second-order valence-electron chi connectivity index (χ2n) is 9.88. The van der Waals surface area contributed by atoms with E-state index in [2.05, 4.69) is 11.4 Å². The summed E-state index contributed by atoms with van der Waals surface area (Å²) < 4.78 is 5.69. The molecule has 0 aliphatic heterocycles. The summed E-state index contributed by atoms with van der Waals surface area (Å²) in [5.74, 6) is -0.830. The van der Waals surface area contributed by atoms with Crippen LogP contribution in [0.15, 0.2) is 48.5 Å². The lowest BCUT2D eigenvalue weighted by Crippen LogP contribution is -2.52. The number of fused-ring (bicyclic) bond motifs is 2. The summed E-state index contributed by atoms with van der Waals surface area (Å²) in [4.78, 5) is 31.3. The van der Waals surface area contributed by atoms with Crippen molar-refractivity contribution in [3.05, 3.63) is 70.9 Å². The SMILES string of the molecule is CC(OC(=O)c1c2c(nc3ccccc13)C(=Cc1ccc(O)cc1)CC2)C(=O)NC1(C#N)CCCCC1. The first-order valence-corrected chi connectivity index (χ1v) is 12.7. The van der Waals surface area contributed by atoms with Gasteiger partial charge < -0.3 is 15.2 Å². The van der Waals surface area contributed by atoms with Crippen molar-refractivity contribution >= 4 is 34.4 Å². The summed E-state index contributed by atoms with van der Waals surface area (Å²) in [7, 11) is 0. The number of ether oxygens (including phenoxy) is 1. The number of nitrogens with one attached hydrogen (secondary N) is 1. The van der Waals surface area contributed by atoms with Gasteiger partial charge in [0.2, 0.25) is 0 Å². The Morgan fingerprint density at radius 2 is 1.84 bits per heavy atom. The number of carbonyl (C=O) groups excluding carboxylic acids is 2. The van der Waals surface area contributed by atoms with Gasteiger partial charge in [-0.25, -0.2) is 9.78 Å². The van der Waals surface area contributed by atoms with Crippen LogP contribution in [0.2, 0.25) is 0 Å². The molecule has 0 spiro atoms. The molecule has 2 aromatic carbocycles. The van der Waals surface area contributed by atoms with Gasteiger partial charge in [-0.05, 0) is 73.6 Å². The molecule has 7 heteroatoms. The van der Waals surface area contributed by atoms with Gasteiger partial charge in [0.1, 0.15) is 11.3 Å². The number of benzene rings is 2. The smallest absolute Gasteiger partial charge is 0.339 e. The van der Waals surface area contributed by atoms with Crippen LogP contribution in [0.25, 0.3) is 22.6 Å². The van der Waals surface area contributed by atoms with E-state index in [9.17, 15) is 20.0 Å². The average Bonchev–Trinajstić information content (AvgIpc) is 3.30. The number of nitrogens with zero attached hydrogens (tertiary/aromatic N) is 2. The predicted octanol–water partition coefficient (Wildman–Crippen LogP) is 5.32. The molecule has 1 amide bonds. The van der Waals surface area contributed by atoms with E-state index in [4.69, 9.17) is 9.72 Å². The Morgan fingerprint density at radius 1 is 1.11 bits per heavy atom. The summed E-state index contributed by atoms with van der Waals surface area (Å²) in [6.45, 7) is 1.54. The summed E-state index contributed by atoms with van der Waals surface area (Å²) in [5.41, 5.74) is 3.70. The molecule has 188 valence electrons. The van der Waals surface area contributed by atoms with Gasteiger partial charge in [0, 0.05) is 5.39 Å². The first-order valence-electron chi connectivity index (χ1n) is 12.7. The van der Waals surface area contributed by atoms with Crippen LogP contribution >= 0.6 is 0 Å². The third-order valence-corrected chi connectivity index (χ3v) is 7.32. The van der Waals surface area contributed by atoms with Crippen LogP contribution in [0.5, 0.6) is 5.75 Å². The number of rotatable bonds is 5. The molecule has 1 atom stereocenters. The molecule has 1 heterocycles. The van der Waals surface area contributed by atoms with Gasteiger partial charge in [-0.3, -0.25) is 4.79 Å². The van der Waals surface area contributed by atoms with Gasteiger partial charge in [-0.1, -0.05) is 49.6 Å². The Morgan fingerprint density at radius 3 is 2.57 bits per heavy atom. The number of hydrogen-bond donors (Lipinski definition) is 2. The van der Waals surface area contributed by atoms with Crippen LogP contribution in [0.4, 0.5) is 0 Å². The number of phenolic OH excluding ortho intramolecular Hbond substituents is 1. The van der Waals surface area contributed by atoms with Gasteiger partial charge in [-0.2, -0.15) is 5.26 Å².